The maximum absolute atomic E-state index is 14.3. The molecule has 2 atom stereocenters. The van der Waals surface area contributed by atoms with Crippen molar-refractivity contribution < 1.29 is 9.13 Å². The number of rotatable bonds is 6. The van der Waals surface area contributed by atoms with Crippen LogP contribution in [-0.2, 0) is 0 Å². The number of nitrogens with one attached hydrogen (secondary N) is 2. The van der Waals surface area contributed by atoms with E-state index in [1.165, 1.54) is 18.5 Å². The maximum Gasteiger partial charge on any atom is 0.165 e. The standard InChI is InChI=1S/C19H27FN2O/c1-3-15-11-16(12-21-15)22-13(2)14-8-9-19(18(20)10-14)23-17-6-4-5-7-17/h8-10,12-13,15,17,21-22H,3-7,11H2,1-2H3. The van der Waals surface area contributed by atoms with E-state index < -0.39 is 0 Å². The van der Waals surface area contributed by atoms with Crippen molar-refractivity contribution in [2.45, 2.75) is 70.6 Å². The van der Waals surface area contributed by atoms with Gasteiger partial charge in [-0.25, -0.2) is 4.39 Å². The van der Waals surface area contributed by atoms with Crippen LogP contribution >= 0.6 is 0 Å². The molecule has 1 aliphatic heterocycles. The molecule has 0 spiro atoms. The van der Waals surface area contributed by atoms with E-state index in [0.717, 1.165) is 31.2 Å². The quantitative estimate of drug-likeness (QED) is 0.815. The maximum atomic E-state index is 14.3. The minimum atomic E-state index is -0.256. The zero-order chi connectivity index (χ0) is 16.2. The number of hydrogen-bond donors (Lipinski definition) is 2. The van der Waals surface area contributed by atoms with Crippen LogP contribution in [0.15, 0.2) is 30.1 Å². The summed E-state index contributed by atoms with van der Waals surface area (Å²) in [4.78, 5) is 0. The fourth-order valence-corrected chi connectivity index (χ4v) is 3.39. The molecule has 126 valence electrons. The molecule has 0 amide bonds. The van der Waals surface area contributed by atoms with E-state index in [9.17, 15) is 4.39 Å². The number of halogens is 1. The SMILES string of the molecule is CCC1CC(NC(C)c2ccc(OC3CCCC3)c(F)c2)=CN1. The highest BCUT2D eigenvalue weighted by atomic mass is 19.1. The van der Waals surface area contributed by atoms with Crippen molar-refractivity contribution in [2.24, 2.45) is 0 Å². The molecule has 1 aromatic carbocycles. The Bertz CT molecular complexity index is 566. The van der Waals surface area contributed by atoms with Crippen molar-refractivity contribution in [1.82, 2.24) is 10.6 Å². The molecule has 0 radical (unpaired) electrons. The predicted octanol–water partition coefficient (Wildman–Crippen LogP) is 4.41. The molecule has 1 aliphatic carbocycles. The second-order valence-electron chi connectivity index (χ2n) is 6.73. The average Bonchev–Trinajstić information content (AvgIpc) is 3.20. The van der Waals surface area contributed by atoms with Crippen molar-refractivity contribution in [3.8, 4) is 5.75 Å². The minimum absolute atomic E-state index is 0.0775. The molecule has 1 aromatic rings. The number of ether oxygens (including phenoxy) is 1. The van der Waals surface area contributed by atoms with E-state index >= 15 is 0 Å². The molecule has 4 heteroatoms. The Kier molecular flexibility index (Phi) is 5.09. The summed E-state index contributed by atoms with van der Waals surface area (Å²) in [6.45, 7) is 4.24. The molecule has 23 heavy (non-hydrogen) atoms. The first kappa shape index (κ1) is 16.2. The molecule has 2 N–H and O–H groups in total. The minimum Gasteiger partial charge on any atom is -0.487 e. The molecular weight excluding hydrogens is 291 g/mol. The topological polar surface area (TPSA) is 33.3 Å². The summed E-state index contributed by atoms with van der Waals surface area (Å²) in [5, 5.41) is 6.83. The predicted molar refractivity (Wildman–Crippen MR) is 90.7 cm³/mol. The lowest BCUT2D eigenvalue weighted by molar-refractivity contribution is 0.200. The summed E-state index contributed by atoms with van der Waals surface area (Å²) in [6, 6.07) is 5.93. The number of benzene rings is 1. The van der Waals surface area contributed by atoms with Crippen LogP contribution < -0.4 is 15.4 Å². The molecule has 1 heterocycles. The zero-order valence-corrected chi connectivity index (χ0v) is 14.1. The molecule has 2 aliphatic rings. The molecular formula is C19H27FN2O. The Hall–Kier alpha value is -1.71. The van der Waals surface area contributed by atoms with Crippen LogP contribution in [0.3, 0.4) is 0 Å². The van der Waals surface area contributed by atoms with Gasteiger partial charge in [0.2, 0.25) is 0 Å². The monoisotopic (exact) mass is 318 g/mol. The van der Waals surface area contributed by atoms with Crippen LogP contribution in [0.5, 0.6) is 5.75 Å². The van der Waals surface area contributed by atoms with Gasteiger partial charge in [0.05, 0.1) is 6.10 Å². The van der Waals surface area contributed by atoms with Crippen LogP contribution in [0.2, 0.25) is 0 Å². The smallest absolute Gasteiger partial charge is 0.165 e. The van der Waals surface area contributed by atoms with Crippen LogP contribution in [-0.4, -0.2) is 12.1 Å². The third-order valence-corrected chi connectivity index (χ3v) is 4.91. The van der Waals surface area contributed by atoms with E-state index in [2.05, 4.69) is 24.5 Å². The lowest BCUT2D eigenvalue weighted by atomic mass is 10.1. The molecule has 2 unspecified atom stereocenters. The van der Waals surface area contributed by atoms with Gasteiger partial charge in [0.15, 0.2) is 11.6 Å². The Morgan fingerprint density at radius 1 is 1.35 bits per heavy atom. The summed E-state index contributed by atoms with van der Waals surface area (Å²) in [7, 11) is 0. The second-order valence-corrected chi connectivity index (χ2v) is 6.73. The van der Waals surface area contributed by atoms with Gasteiger partial charge in [-0.05, 0) is 56.7 Å². The zero-order valence-electron chi connectivity index (χ0n) is 14.1. The Morgan fingerprint density at radius 2 is 2.13 bits per heavy atom. The van der Waals surface area contributed by atoms with Gasteiger partial charge >= 0.3 is 0 Å². The van der Waals surface area contributed by atoms with Gasteiger partial charge in [-0.1, -0.05) is 13.0 Å². The van der Waals surface area contributed by atoms with Crippen molar-refractivity contribution >= 4 is 0 Å². The average molecular weight is 318 g/mol. The van der Waals surface area contributed by atoms with E-state index in [1.807, 2.05) is 12.3 Å². The number of hydrogen-bond acceptors (Lipinski definition) is 3. The fourth-order valence-electron chi connectivity index (χ4n) is 3.39. The lowest BCUT2D eigenvalue weighted by Crippen LogP contribution is -2.20. The van der Waals surface area contributed by atoms with E-state index in [4.69, 9.17) is 4.74 Å². The van der Waals surface area contributed by atoms with Crippen LogP contribution in [0.1, 0.15) is 64.0 Å². The summed E-state index contributed by atoms with van der Waals surface area (Å²) in [6.07, 6.45) is 8.80. The van der Waals surface area contributed by atoms with Crippen molar-refractivity contribution in [3.05, 3.63) is 41.5 Å². The molecule has 0 bridgehead atoms. The Labute approximate surface area is 138 Å². The summed E-state index contributed by atoms with van der Waals surface area (Å²) < 4.78 is 20.1. The lowest BCUT2D eigenvalue weighted by Gasteiger charge is -2.19. The van der Waals surface area contributed by atoms with E-state index in [-0.39, 0.29) is 18.0 Å². The van der Waals surface area contributed by atoms with Crippen molar-refractivity contribution in [2.75, 3.05) is 0 Å². The highest BCUT2D eigenvalue weighted by molar-refractivity contribution is 5.31. The Morgan fingerprint density at radius 3 is 2.78 bits per heavy atom. The Balaban J connectivity index is 1.60. The highest BCUT2D eigenvalue weighted by Gasteiger charge is 2.20. The molecule has 0 aromatic heterocycles. The van der Waals surface area contributed by atoms with Gasteiger partial charge in [-0.3, -0.25) is 0 Å². The molecule has 3 nitrogen and oxygen atoms in total. The first-order chi connectivity index (χ1) is 11.2. The van der Waals surface area contributed by atoms with E-state index in [1.54, 1.807) is 12.1 Å². The van der Waals surface area contributed by atoms with Gasteiger partial charge in [0.25, 0.3) is 0 Å². The highest BCUT2D eigenvalue weighted by Crippen LogP contribution is 2.28. The van der Waals surface area contributed by atoms with Crippen molar-refractivity contribution in [1.29, 1.82) is 0 Å². The van der Waals surface area contributed by atoms with E-state index in [0.29, 0.717) is 11.8 Å². The largest absolute Gasteiger partial charge is 0.487 e. The summed E-state index contributed by atoms with van der Waals surface area (Å²) >= 11 is 0. The first-order valence-electron chi connectivity index (χ1n) is 8.83. The van der Waals surface area contributed by atoms with Crippen LogP contribution in [0, 0.1) is 5.82 Å². The third-order valence-electron chi connectivity index (χ3n) is 4.91. The summed E-state index contributed by atoms with van der Waals surface area (Å²) in [5.41, 5.74) is 2.14. The van der Waals surface area contributed by atoms with Crippen molar-refractivity contribution in [3.63, 3.8) is 0 Å². The van der Waals surface area contributed by atoms with Gasteiger partial charge in [0, 0.05) is 30.4 Å². The summed E-state index contributed by atoms with van der Waals surface area (Å²) in [5.74, 6) is 0.133. The van der Waals surface area contributed by atoms with Gasteiger partial charge in [-0.2, -0.15) is 0 Å². The van der Waals surface area contributed by atoms with Crippen LogP contribution in [0.4, 0.5) is 4.39 Å². The fraction of sp³-hybridized carbons (Fsp3) is 0.579. The van der Waals surface area contributed by atoms with Gasteiger partial charge < -0.3 is 15.4 Å². The second kappa shape index (κ2) is 7.24. The van der Waals surface area contributed by atoms with Gasteiger partial charge in [-0.15, -0.1) is 0 Å². The molecule has 1 fully saturated rings. The van der Waals surface area contributed by atoms with Gasteiger partial charge in [0.1, 0.15) is 0 Å². The normalized spacial score (nSPS) is 22.6. The molecule has 3 rings (SSSR count). The first-order valence-corrected chi connectivity index (χ1v) is 8.83. The molecule has 0 saturated heterocycles. The molecule has 1 saturated carbocycles. The third kappa shape index (κ3) is 3.98. The van der Waals surface area contributed by atoms with Crippen LogP contribution in [0.25, 0.3) is 0 Å².